The highest BCUT2D eigenvalue weighted by atomic mass is 16.5. The summed E-state index contributed by atoms with van der Waals surface area (Å²) in [4.78, 5) is 35.2. The Morgan fingerprint density at radius 1 is 1.03 bits per heavy atom. The molecule has 1 aromatic carbocycles. The Morgan fingerprint density at radius 2 is 1.69 bits per heavy atom. The molecule has 4 aliphatic carbocycles. The number of ketones is 2. The molecule has 2 fully saturated rings. The predicted molar refractivity (Wildman–Crippen MR) is 139 cm³/mol. The van der Waals surface area contributed by atoms with Gasteiger partial charge in [0, 0.05) is 22.5 Å². The van der Waals surface area contributed by atoms with Gasteiger partial charge in [-0.1, -0.05) is 52.7 Å². The van der Waals surface area contributed by atoms with Gasteiger partial charge in [-0.05, 0) is 78.5 Å². The van der Waals surface area contributed by atoms with E-state index in [0.717, 1.165) is 40.8 Å². The minimum atomic E-state index is -0.362. The van der Waals surface area contributed by atoms with Gasteiger partial charge in [-0.3, -0.25) is 14.4 Å². The zero-order chi connectivity index (χ0) is 26.1. The molecule has 0 aromatic heterocycles. The molecule has 0 radical (unpaired) electrons. The van der Waals surface area contributed by atoms with Crippen molar-refractivity contribution in [3.8, 4) is 0 Å². The molecule has 0 saturated heterocycles. The van der Waals surface area contributed by atoms with Gasteiger partial charge in [-0.2, -0.15) is 0 Å². The first-order valence-corrected chi connectivity index (χ1v) is 12.9. The minimum absolute atomic E-state index is 0.0384. The molecule has 5 nitrogen and oxygen atoms in total. The van der Waals surface area contributed by atoms with Crippen molar-refractivity contribution in [2.75, 3.05) is 7.11 Å². The first-order valence-electron chi connectivity index (χ1n) is 12.9. The van der Waals surface area contributed by atoms with Crippen LogP contribution in [0.3, 0.4) is 0 Å². The van der Waals surface area contributed by atoms with E-state index in [1.807, 2.05) is 26.8 Å². The normalized spacial score (nSPS) is 30.7. The van der Waals surface area contributed by atoms with E-state index in [1.54, 1.807) is 6.92 Å². The SMILES string of the molecule is CC.CC1=C(O)C(=O)C=c2c1ccc1c2=C(C)C(=O)C2C3CCCCC3(C)CCC12C.COC=O. The maximum absolute atomic E-state index is 13.8. The molecule has 190 valence electrons. The van der Waals surface area contributed by atoms with Gasteiger partial charge in [0.15, 0.2) is 11.5 Å². The third kappa shape index (κ3) is 4.17. The number of Topliss-reactive ketones (excluding diaryl/α,β-unsaturated/α-hetero) is 2. The number of benzene rings is 1. The molecule has 5 rings (SSSR count). The smallest absolute Gasteiger partial charge is 0.292 e. The molecule has 5 heteroatoms. The standard InChI is InChI=1S/C26H30O3.C2H4O2.C2H6/c1-14-16-8-9-18-21(17(16)13-20(27)23(14)28)15(2)24(29)22-19-7-5-6-10-25(19,3)11-12-26(18,22)4;1-4-2-3;1-2/h8-9,13,19,22,28H,5-7,10-12H2,1-4H3;2H,1H3;1-2H3. The molecule has 4 atom stereocenters. The molecular weight excluding hydrogens is 440 g/mol. The van der Waals surface area contributed by atoms with E-state index in [4.69, 9.17) is 4.79 Å². The van der Waals surface area contributed by atoms with E-state index in [2.05, 4.69) is 24.7 Å². The van der Waals surface area contributed by atoms with Crippen LogP contribution in [0.15, 0.2) is 17.9 Å². The Bertz CT molecular complexity index is 1190. The van der Waals surface area contributed by atoms with Gasteiger partial charge in [0.05, 0.1) is 7.11 Å². The number of hydrogen-bond acceptors (Lipinski definition) is 5. The van der Waals surface area contributed by atoms with Crippen LogP contribution in [0.2, 0.25) is 0 Å². The van der Waals surface area contributed by atoms with Gasteiger partial charge >= 0.3 is 0 Å². The second-order valence-electron chi connectivity index (χ2n) is 10.7. The van der Waals surface area contributed by atoms with Crippen LogP contribution in [0.25, 0.3) is 17.2 Å². The molecule has 1 N–H and O–H groups in total. The Hall–Kier alpha value is -2.69. The Kier molecular flexibility index (Phi) is 7.78. The van der Waals surface area contributed by atoms with Crippen LogP contribution >= 0.6 is 0 Å². The van der Waals surface area contributed by atoms with Crippen molar-refractivity contribution < 1.29 is 24.2 Å². The lowest BCUT2D eigenvalue weighted by molar-refractivity contribution is -0.130. The molecule has 0 heterocycles. The second-order valence-corrected chi connectivity index (χ2v) is 10.7. The van der Waals surface area contributed by atoms with Crippen molar-refractivity contribution in [1.29, 1.82) is 0 Å². The van der Waals surface area contributed by atoms with Gasteiger partial charge in [-0.15, -0.1) is 0 Å². The number of hydrogen-bond donors (Lipinski definition) is 1. The number of aliphatic hydroxyl groups is 1. The number of allylic oxidation sites excluding steroid dienone is 2. The largest absolute Gasteiger partial charge is 0.504 e. The van der Waals surface area contributed by atoms with Crippen LogP contribution < -0.4 is 10.4 Å². The van der Waals surface area contributed by atoms with E-state index >= 15 is 0 Å². The summed E-state index contributed by atoms with van der Waals surface area (Å²) in [6, 6.07) is 4.21. The topological polar surface area (TPSA) is 80.7 Å². The minimum Gasteiger partial charge on any atom is -0.504 e. The first-order chi connectivity index (χ1) is 16.6. The molecule has 2 saturated carbocycles. The summed E-state index contributed by atoms with van der Waals surface area (Å²) in [5, 5.41) is 11.9. The fourth-order valence-electron chi connectivity index (χ4n) is 7.07. The van der Waals surface area contributed by atoms with Gasteiger partial charge in [0.1, 0.15) is 0 Å². The van der Waals surface area contributed by atoms with Crippen molar-refractivity contribution >= 4 is 35.3 Å². The van der Waals surface area contributed by atoms with Crippen molar-refractivity contribution in [2.45, 2.75) is 85.5 Å². The summed E-state index contributed by atoms with van der Waals surface area (Å²) in [6.45, 7) is 12.8. The Morgan fingerprint density at radius 3 is 2.31 bits per heavy atom. The van der Waals surface area contributed by atoms with E-state index in [0.29, 0.717) is 18.0 Å². The summed E-state index contributed by atoms with van der Waals surface area (Å²) in [7, 11) is 1.31. The highest BCUT2D eigenvalue weighted by Crippen LogP contribution is 2.60. The molecule has 0 amide bonds. The van der Waals surface area contributed by atoms with Gasteiger partial charge in [0.25, 0.3) is 6.47 Å². The number of aliphatic hydroxyl groups excluding tert-OH is 1. The Labute approximate surface area is 209 Å². The number of carbonyl (C=O) groups is 3. The molecule has 4 aliphatic rings. The zero-order valence-electron chi connectivity index (χ0n) is 22.3. The maximum atomic E-state index is 13.8. The number of carbonyl (C=O) groups excluding carboxylic acids is 3. The number of rotatable bonds is 1. The van der Waals surface area contributed by atoms with E-state index in [1.165, 1.54) is 38.0 Å². The third-order valence-corrected chi connectivity index (χ3v) is 8.96. The summed E-state index contributed by atoms with van der Waals surface area (Å²) in [5.74, 6) is 0.217. The number of fused-ring (bicyclic) bond motifs is 7. The van der Waals surface area contributed by atoms with Gasteiger partial charge in [-0.25, -0.2) is 0 Å². The lowest BCUT2D eigenvalue weighted by Crippen LogP contribution is -2.59. The average Bonchev–Trinajstić information content (AvgIpc) is 2.87. The van der Waals surface area contributed by atoms with Crippen LogP contribution in [0.5, 0.6) is 0 Å². The fourth-order valence-corrected chi connectivity index (χ4v) is 7.07. The van der Waals surface area contributed by atoms with Crippen molar-refractivity contribution in [2.24, 2.45) is 17.3 Å². The fraction of sp³-hybridized carbons (Fsp3) is 0.567. The van der Waals surface area contributed by atoms with Crippen LogP contribution in [0.1, 0.15) is 91.2 Å². The predicted octanol–water partition coefficient (Wildman–Crippen LogP) is 4.77. The molecule has 1 aromatic rings. The van der Waals surface area contributed by atoms with Crippen molar-refractivity contribution in [3.05, 3.63) is 39.5 Å². The summed E-state index contributed by atoms with van der Waals surface area (Å²) in [5.41, 5.74) is 3.59. The third-order valence-electron chi connectivity index (χ3n) is 8.96. The summed E-state index contributed by atoms with van der Waals surface area (Å²) in [6.07, 6.45) is 8.60. The lowest BCUT2D eigenvalue weighted by Gasteiger charge is -2.57. The summed E-state index contributed by atoms with van der Waals surface area (Å²) >= 11 is 0. The van der Waals surface area contributed by atoms with E-state index in [9.17, 15) is 14.7 Å². The lowest BCUT2D eigenvalue weighted by atomic mass is 9.46. The van der Waals surface area contributed by atoms with Crippen LogP contribution in [-0.2, 0) is 24.5 Å². The van der Waals surface area contributed by atoms with Gasteiger partial charge < -0.3 is 9.84 Å². The highest BCUT2D eigenvalue weighted by Gasteiger charge is 2.57. The summed E-state index contributed by atoms with van der Waals surface area (Å²) < 4.78 is 3.86. The Balaban J connectivity index is 0.000000521. The second kappa shape index (κ2) is 10.1. The van der Waals surface area contributed by atoms with Crippen molar-refractivity contribution in [3.63, 3.8) is 0 Å². The van der Waals surface area contributed by atoms with E-state index in [-0.39, 0.29) is 34.1 Å². The molecule has 0 aliphatic heterocycles. The molecule has 4 unspecified atom stereocenters. The van der Waals surface area contributed by atoms with Crippen LogP contribution in [0, 0.1) is 17.3 Å². The first kappa shape index (κ1) is 26.9. The zero-order valence-corrected chi connectivity index (χ0v) is 22.3. The quantitative estimate of drug-likeness (QED) is 0.586. The molecule has 0 bridgehead atoms. The van der Waals surface area contributed by atoms with Crippen molar-refractivity contribution in [1.82, 2.24) is 0 Å². The van der Waals surface area contributed by atoms with Crippen LogP contribution in [-0.4, -0.2) is 30.3 Å². The van der Waals surface area contributed by atoms with Crippen LogP contribution in [0.4, 0.5) is 0 Å². The maximum Gasteiger partial charge on any atom is 0.292 e. The number of methoxy groups -OCH3 is 1. The molecule has 0 spiro atoms. The molecular formula is C30H40O5. The van der Waals surface area contributed by atoms with Gasteiger partial charge in [0.2, 0.25) is 5.78 Å². The average molecular weight is 481 g/mol. The highest BCUT2D eigenvalue weighted by molar-refractivity contribution is 6.22. The monoisotopic (exact) mass is 480 g/mol. The van der Waals surface area contributed by atoms with E-state index < -0.39 is 0 Å². The molecule has 35 heavy (non-hydrogen) atoms. The number of ether oxygens (including phenoxy) is 1.